The molecule has 3 aromatic rings. The van der Waals surface area contributed by atoms with E-state index in [4.69, 9.17) is 8.85 Å². The Labute approximate surface area is 258 Å². The molecule has 210 valence electrons. The minimum Gasteiger partial charge on any atom is -0.406 e. The standard InChI is InChI=1S/C38H38O2Si2/c1-7-27-37(5,28-8-2)39-41-35-17-13-11-15-33(35)25-23-31-19-21-32(22-20-31)24-26-34-16-12-14-18-36(34)42-40-38(6,29-9-3)30-10-4/h7-22H,1-4,27-30H2,5-6H3. The summed E-state index contributed by atoms with van der Waals surface area (Å²) in [6.07, 6.45) is 10.6. The van der Waals surface area contributed by atoms with Crippen molar-refractivity contribution in [3.05, 3.63) is 146 Å². The summed E-state index contributed by atoms with van der Waals surface area (Å²) in [5, 5.41) is 2.17. The van der Waals surface area contributed by atoms with Gasteiger partial charge in [0.2, 0.25) is 0 Å². The van der Waals surface area contributed by atoms with Crippen LogP contribution < -0.4 is 10.4 Å². The summed E-state index contributed by atoms with van der Waals surface area (Å²) in [7, 11) is 0.374. The van der Waals surface area contributed by atoms with Gasteiger partial charge in [-0.1, -0.05) is 84.4 Å². The molecule has 0 spiro atoms. The number of hydrogen-bond acceptors (Lipinski definition) is 2. The van der Waals surface area contributed by atoms with Crippen molar-refractivity contribution < 1.29 is 8.85 Å². The lowest BCUT2D eigenvalue weighted by molar-refractivity contribution is 0.104. The molecule has 0 aliphatic heterocycles. The van der Waals surface area contributed by atoms with Crippen LogP contribution in [0.15, 0.2) is 123 Å². The molecule has 0 amide bonds. The van der Waals surface area contributed by atoms with Crippen molar-refractivity contribution in [1.82, 2.24) is 0 Å². The van der Waals surface area contributed by atoms with E-state index in [0.29, 0.717) is 0 Å². The summed E-state index contributed by atoms with van der Waals surface area (Å²) in [5.41, 5.74) is 3.17. The molecule has 2 nitrogen and oxygen atoms in total. The second-order valence-electron chi connectivity index (χ2n) is 10.4. The molecule has 4 radical (unpaired) electrons. The fourth-order valence-electron chi connectivity index (χ4n) is 4.19. The number of benzene rings is 3. The van der Waals surface area contributed by atoms with E-state index in [1.54, 1.807) is 0 Å². The van der Waals surface area contributed by atoms with Crippen LogP contribution in [0.2, 0.25) is 0 Å². The van der Waals surface area contributed by atoms with Crippen molar-refractivity contribution in [2.45, 2.75) is 50.7 Å². The summed E-state index contributed by atoms with van der Waals surface area (Å²) in [4.78, 5) is 0. The largest absolute Gasteiger partial charge is 0.406 e. The molecule has 0 saturated heterocycles. The molecule has 42 heavy (non-hydrogen) atoms. The van der Waals surface area contributed by atoms with Gasteiger partial charge in [-0.3, -0.25) is 0 Å². The lowest BCUT2D eigenvalue weighted by atomic mass is 9.99. The summed E-state index contributed by atoms with van der Waals surface area (Å²) in [5.74, 6) is 13.3. The van der Waals surface area contributed by atoms with Crippen LogP contribution in [0.5, 0.6) is 0 Å². The molecule has 0 atom stereocenters. The predicted octanol–water partition coefficient (Wildman–Crippen LogP) is 6.83. The minimum absolute atomic E-state index is 0.187. The Morgan fingerprint density at radius 3 is 1.21 bits per heavy atom. The molecule has 4 heteroatoms. The van der Waals surface area contributed by atoms with Gasteiger partial charge in [0.1, 0.15) is 0 Å². The molecule has 0 bridgehead atoms. The zero-order valence-corrected chi connectivity index (χ0v) is 26.7. The average molecular weight is 583 g/mol. The molecule has 0 aromatic heterocycles. The van der Waals surface area contributed by atoms with Crippen LogP contribution in [-0.4, -0.2) is 30.7 Å². The van der Waals surface area contributed by atoms with Crippen LogP contribution in [0.25, 0.3) is 0 Å². The van der Waals surface area contributed by atoms with Gasteiger partial charge in [0.15, 0.2) is 0 Å². The van der Waals surface area contributed by atoms with Gasteiger partial charge in [-0.15, -0.1) is 26.3 Å². The maximum absolute atomic E-state index is 6.32. The molecule has 0 fully saturated rings. The molecule has 0 N–H and O–H groups in total. The van der Waals surface area contributed by atoms with Crippen molar-refractivity contribution in [2.75, 3.05) is 0 Å². The maximum Gasteiger partial charge on any atom is 0.270 e. The zero-order chi connectivity index (χ0) is 30.3. The molecule has 3 rings (SSSR count). The van der Waals surface area contributed by atoms with Crippen molar-refractivity contribution in [3.8, 4) is 23.7 Å². The third-order valence-corrected chi connectivity index (χ3v) is 9.04. The Kier molecular flexibility index (Phi) is 12.8. The summed E-state index contributed by atoms with van der Waals surface area (Å²) in [6.45, 7) is 19.7. The van der Waals surface area contributed by atoms with E-state index < -0.39 is 0 Å². The van der Waals surface area contributed by atoms with Crippen LogP contribution in [0.1, 0.15) is 61.8 Å². The van der Waals surface area contributed by atoms with Gasteiger partial charge in [0.25, 0.3) is 19.5 Å². The summed E-state index contributed by atoms with van der Waals surface area (Å²) in [6, 6.07) is 24.3. The van der Waals surface area contributed by atoms with Gasteiger partial charge in [0, 0.05) is 22.3 Å². The lowest BCUT2D eigenvalue weighted by Crippen LogP contribution is -2.34. The van der Waals surface area contributed by atoms with Crippen molar-refractivity contribution in [3.63, 3.8) is 0 Å². The highest BCUT2D eigenvalue weighted by Gasteiger charge is 2.23. The summed E-state index contributed by atoms with van der Waals surface area (Å²) >= 11 is 0. The maximum atomic E-state index is 6.32. The number of hydrogen-bond donors (Lipinski definition) is 0. The van der Waals surface area contributed by atoms with Gasteiger partial charge in [-0.2, -0.15) is 0 Å². The average Bonchev–Trinajstić information content (AvgIpc) is 2.99. The lowest BCUT2D eigenvalue weighted by Gasteiger charge is -2.28. The Balaban J connectivity index is 1.71. The van der Waals surface area contributed by atoms with E-state index in [1.807, 2.05) is 85.0 Å². The first-order chi connectivity index (χ1) is 20.3. The molecule has 0 heterocycles. The van der Waals surface area contributed by atoms with Crippen LogP contribution in [0.3, 0.4) is 0 Å². The highest BCUT2D eigenvalue weighted by atomic mass is 28.2. The van der Waals surface area contributed by atoms with E-state index in [9.17, 15) is 0 Å². The molecule has 0 saturated carbocycles. The highest BCUT2D eigenvalue weighted by Crippen LogP contribution is 2.21. The third-order valence-electron chi connectivity index (χ3n) is 6.54. The predicted molar refractivity (Wildman–Crippen MR) is 180 cm³/mol. The SMILES string of the molecule is C=CCC(C)(CC=C)O[Si]c1ccccc1C#Cc1ccc(C#Cc2ccccc2[Si]OC(C)(CC=C)CC=C)cc1. The van der Waals surface area contributed by atoms with Crippen LogP contribution in [0, 0.1) is 23.7 Å². The summed E-state index contributed by atoms with van der Waals surface area (Å²) < 4.78 is 12.6. The van der Waals surface area contributed by atoms with Crippen LogP contribution in [0.4, 0.5) is 0 Å². The van der Waals surface area contributed by atoms with E-state index in [1.165, 1.54) is 0 Å². The minimum atomic E-state index is -0.315. The second-order valence-corrected chi connectivity index (χ2v) is 12.3. The van der Waals surface area contributed by atoms with E-state index in [0.717, 1.165) is 58.3 Å². The molecule has 0 unspecified atom stereocenters. The van der Waals surface area contributed by atoms with Gasteiger partial charge < -0.3 is 8.85 Å². The van der Waals surface area contributed by atoms with Gasteiger partial charge in [-0.05, 0) is 86.3 Å². The molecule has 0 aliphatic carbocycles. The van der Waals surface area contributed by atoms with Crippen molar-refractivity contribution in [1.29, 1.82) is 0 Å². The third kappa shape index (κ3) is 10.2. The van der Waals surface area contributed by atoms with Gasteiger partial charge >= 0.3 is 0 Å². The fourth-order valence-corrected chi connectivity index (χ4v) is 6.08. The normalized spacial score (nSPS) is 10.9. The molecule has 3 aromatic carbocycles. The van der Waals surface area contributed by atoms with Gasteiger partial charge in [0.05, 0.1) is 11.2 Å². The van der Waals surface area contributed by atoms with Crippen LogP contribution >= 0.6 is 0 Å². The Morgan fingerprint density at radius 2 is 0.881 bits per heavy atom. The van der Waals surface area contributed by atoms with E-state index in [2.05, 4.69) is 76.0 Å². The van der Waals surface area contributed by atoms with Crippen molar-refractivity contribution >= 4 is 29.9 Å². The van der Waals surface area contributed by atoms with Gasteiger partial charge in [-0.25, -0.2) is 0 Å². The second kappa shape index (κ2) is 16.5. The molecule has 0 aliphatic rings. The zero-order valence-electron chi connectivity index (χ0n) is 24.7. The molecular weight excluding hydrogens is 545 g/mol. The fraction of sp³-hybridized carbons (Fsp3) is 0.211. The van der Waals surface area contributed by atoms with E-state index >= 15 is 0 Å². The Hall–Kier alpha value is -3.91. The van der Waals surface area contributed by atoms with E-state index in [-0.39, 0.29) is 30.7 Å². The number of rotatable bonds is 14. The van der Waals surface area contributed by atoms with Crippen molar-refractivity contribution in [2.24, 2.45) is 0 Å². The first kappa shape index (κ1) is 32.6. The smallest absolute Gasteiger partial charge is 0.270 e. The highest BCUT2D eigenvalue weighted by molar-refractivity contribution is 6.48. The first-order valence-electron chi connectivity index (χ1n) is 14.0. The van der Waals surface area contributed by atoms with Crippen LogP contribution in [-0.2, 0) is 8.85 Å². The Bertz CT molecular complexity index is 1360. The quantitative estimate of drug-likeness (QED) is 0.118. The first-order valence-corrected chi connectivity index (χ1v) is 15.8. The monoisotopic (exact) mass is 582 g/mol. The topological polar surface area (TPSA) is 18.5 Å². The Morgan fingerprint density at radius 1 is 0.548 bits per heavy atom. The molecular formula is C38H38O2Si2.